The maximum Gasteiger partial charge on any atom is 2.00 e. The second-order valence-electron chi connectivity index (χ2n) is 13.4. The van der Waals surface area contributed by atoms with Crippen LogP contribution in [0, 0.1) is 6.28 Å². The standard InChI is InChI=1S/2C12H24O6.3C4H8O.2C3H2S5.Fe.2K/c2*1-2-14-5-6-16-9-10-18-12-11-17-8-7-15-4-3-13-1;3*1-2-4-5-3-1;2*4-1-2(5)8-3(6)7-1;;;/h2*1-12H2;3*1-4H2;2*4-5H;;;/q;;;;;;;+2;2*+1/p-4. The van der Waals surface area contributed by atoms with Crippen LogP contribution in [0.3, 0.4) is 0 Å². The van der Waals surface area contributed by atoms with Gasteiger partial charge in [-0.05, 0) is 44.8 Å². The predicted molar refractivity (Wildman–Crippen MR) is 279 cm³/mol. The fourth-order valence-corrected chi connectivity index (χ4v) is 11.2. The average molecular weight is 1270 g/mol. The first-order valence-corrected chi connectivity index (χ1v) is 28.2. The van der Waals surface area contributed by atoms with Crippen molar-refractivity contribution in [2.24, 2.45) is 0 Å². The fourth-order valence-electron chi connectivity index (χ4n) is 4.68. The molecule has 70 heavy (non-hydrogen) atoms. The van der Waals surface area contributed by atoms with Crippen LogP contribution in [0.1, 0.15) is 38.5 Å². The molecule has 15 nitrogen and oxygen atoms in total. The third-order valence-electron chi connectivity index (χ3n) is 7.98. The van der Waals surface area contributed by atoms with Gasteiger partial charge in [-0.2, -0.15) is 0 Å². The van der Waals surface area contributed by atoms with Crippen LogP contribution >= 0.6 is 69.8 Å². The molecular formula is C42H72FeK2O15S10. The van der Waals surface area contributed by atoms with Crippen molar-refractivity contribution in [2.75, 3.05) is 198 Å². The van der Waals surface area contributed by atoms with Crippen molar-refractivity contribution >= 4 is 120 Å². The predicted octanol–water partition coefficient (Wildman–Crippen LogP) is 1.30. The van der Waals surface area contributed by atoms with E-state index in [4.69, 9.17) is 146 Å². The van der Waals surface area contributed by atoms with Gasteiger partial charge in [-0.1, -0.05) is 0 Å². The van der Waals surface area contributed by atoms with Crippen molar-refractivity contribution < 1.29 is 191 Å². The molecule has 28 heteroatoms. The molecule has 5 saturated heterocycles. The molecule has 0 radical (unpaired) electrons. The van der Waals surface area contributed by atoms with Gasteiger partial charge in [0.2, 0.25) is 0 Å². The summed E-state index contributed by atoms with van der Waals surface area (Å²) in [5.41, 5.74) is 0. The van der Waals surface area contributed by atoms with Crippen LogP contribution in [0.4, 0.5) is 0 Å². The van der Waals surface area contributed by atoms with Gasteiger partial charge in [-0.3, -0.25) is 0 Å². The molecule has 0 bridgehead atoms. The Bertz CT molecular complexity index is 1100. The molecular weight excluding hydrogens is 1200 g/mol. The molecule has 7 rings (SSSR count). The van der Waals surface area contributed by atoms with Crippen molar-refractivity contribution in [3.05, 3.63) is 6.28 Å². The van der Waals surface area contributed by atoms with Gasteiger partial charge in [0.25, 0.3) is 0 Å². The Labute approximate surface area is 562 Å². The van der Waals surface area contributed by atoms with E-state index in [0.29, 0.717) is 159 Å². The summed E-state index contributed by atoms with van der Waals surface area (Å²) in [5, 5.41) is 0. The molecule has 0 aliphatic carbocycles. The van der Waals surface area contributed by atoms with E-state index in [1.165, 1.54) is 83.9 Å². The van der Waals surface area contributed by atoms with E-state index in [0.717, 1.165) is 62.8 Å². The third kappa shape index (κ3) is 58.8. The van der Waals surface area contributed by atoms with Gasteiger partial charge in [0, 0.05) is 39.6 Å². The van der Waals surface area contributed by atoms with Crippen LogP contribution < -0.4 is 103 Å². The Morgan fingerprint density at radius 3 is 0.386 bits per heavy atom. The average Bonchev–Trinajstić information content (AvgIpc) is 4.20. The monoisotopic (exact) mass is 1270 g/mol. The van der Waals surface area contributed by atoms with Gasteiger partial charge >= 0.3 is 120 Å². The van der Waals surface area contributed by atoms with Crippen LogP contribution in [0.15, 0.2) is 16.8 Å². The number of ether oxygens (including phenoxy) is 15. The summed E-state index contributed by atoms with van der Waals surface area (Å²) in [5.74, 6) is 0. The van der Waals surface area contributed by atoms with Gasteiger partial charge in [0.1, 0.15) is 0 Å². The largest absolute Gasteiger partial charge is 2.00 e. The smallest absolute Gasteiger partial charge is 0.429 e. The first-order chi connectivity index (χ1) is 32.9. The van der Waals surface area contributed by atoms with E-state index in [-0.39, 0.29) is 120 Å². The van der Waals surface area contributed by atoms with Crippen LogP contribution in [-0.2, 0) is 139 Å². The molecule has 0 saturated carbocycles. The van der Waals surface area contributed by atoms with Gasteiger partial charge < -0.3 is 167 Å². The van der Waals surface area contributed by atoms with E-state index in [1.54, 1.807) is 0 Å². The molecule has 0 amide bonds. The molecule has 2 aromatic rings. The Kier molecular flexibility index (Phi) is 72.6. The number of hydrogen-bond acceptors (Lipinski definition) is 25. The number of rotatable bonds is 0. The quantitative estimate of drug-likeness (QED) is 0.213. The van der Waals surface area contributed by atoms with Crippen molar-refractivity contribution in [1.82, 2.24) is 0 Å². The molecule has 0 spiro atoms. The minimum absolute atomic E-state index is 0. The zero-order chi connectivity index (χ0) is 48.4. The van der Waals surface area contributed by atoms with Crippen molar-refractivity contribution in [3.8, 4) is 0 Å². The summed E-state index contributed by atoms with van der Waals surface area (Å²) in [6, 6.07) is 0. The molecule has 5 aliphatic rings. The topological polar surface area (TPSA) is 138 Å². The first-order valence-electron chi connectivity index (χ1n) is 22.5. The van der Waals surface area contributed by atoms with E-state index in [1.807, 2.05) is 0 Å². The van der Waals surface area contributed by atoms with Crippen molar-refractivity contribution in [2.45, 2.75) is 55.4 Å². The molecule has 400 valence electrons. The maximum atomic E-state index is 5.33. The van der Waals surface area contributed by atoms with Crippen LogP contribution in [0.5, 0.6) is 0 Å². The second-order valence-corrected chi connectivity index (χ2v) is 22.5. The second kappa shape index (κ2) is 64.4. The van der Waals surface area contributed by atoms with Crippen LogP contribution in [0.25, 0.3) is 0 Å². The molecule has 0 unspecified atom stereocenters. The van der Waals surface area contributed by atoms with Gasteiger partial charge in [-0.25, -0.2) is 0 Å². The Morgan fingerprint density at radius 1 is 0.229 bits per heavy atom. The Hall–Kier alpha value is 4.61. The first kappa shape index (κ1) is 78.8. The van der Waals surface area contributed by atoms with E-state index in [2.05, 4.69) is 0 Å². The summed E-state index contributed by atoms with van der Waals surface area (Å²) in [6.45, 7) is 20.1. The molecule has 2 aromatic heterocycles. The SMILES string of the molecule is C1CCOC1.C1CCOC1.C1CCOC1.C1COCCOCCOCCOCCOCCO1.C1COCCOCCOCCOCCOCCO1.S=c1sc([S-])c([S-])s1.S=c1sc([S-])c([S-])s1.[Fe+2].[K+].[K+]. The van der Waals surface area contributed by atoms with Crippen LogP contribution in [-0.4, -0.2) is 198 Å². The number of hydrogen-bond donors (Lipinski definition) is 0. The maximum absolute atomic E-state index is 5.33. The zero-order valence-corrected chi connectivity index (χ0v) is 56.5. The summed E-state index contributed by atoms with van der Waals surface area (Å²) in [4.78, 5) is 0. The summed E-state index contributed by atoms with van der Waals surface area (Å²) >= 11 is 34.6. The third-order valence-corrected chi connectivity index (χ3v) is 15.1. The molecule has 0 aromatic carbocycles. The summed E-state index contributed by atoms with van der Waals surface area (Å²) in [7, 11) is 0. The van der Waals surface area contributed by atoms with Crippen LogP contribution in [0.2, 0.25) is 0 Å². The Balaban J connectivity index is -0.000000791. The minimum atomic E-state index is 0. The van der Waals surface area contributed by atoms with E-state index >= 15 is 0 Å². The molecule has 5 fully saturated rings. The minimum Gasteiger partial charge on any atom is -0.429 e. The summed E-state index contributed by atoms with van der Waals surface area (Å²) in [6.07, 6.45) is 7.67. The van der Waals surface area contributed by atoms with E-state index < -0.39 is 0 Å². The summed E-state index contributed by atoms with van der Waals surface area (Å²) < 4.78 is 83.5. The van der Waals surface area contributed by atoms with Gasteiger partial charge in [0.05, 0.1) is 159 Å². The Morgan fingerprint density at radius 2 is 0.329 bits per heavy atom. The normalized spacial score (nSPS) is 19.7. The molecule has 0 N–H and O–H groups in total. The van der Waals surface area contributed by atoms with Gasteiger partial charge in [-0.15, -0.1) is 41.3 Å². The molecule has 0 atom stereocenters. The van der Waals surface area contributed by atoms with Crippen molar-refractivity contribution in [1.29, 1.82) is 0 Å². The fraction of sp³-hybridized carbons (Fsp3) is 0.857. The van der Waals surface area contributed by atoms with Crippen molar-refractivity contribution in [3.63, 3.8) is 0 Å². The molecule has 7 heterocycles. The van der Waals surface area contributed by atoms with Gasteiger partial charge in [0.15, 0.2) is 0 Å². The van der Waals surface area contributed by atoms with E-state index in [9.17, 15) is 0 Å². The molecule has 5 aliphatic heterocycles. The zero-order valence-electron chi connectivity index (χ0n) is 41.0.